The quantitative estimate of drug-likeness (QED) is 0.869. The fourth-order valence-electron chi connectivity index (χ4n) is 2.56. The van der Waals surface area contributed by atoms with Crippen LogP contribution in [0.4, 0.5) is 0 Å². The first kappa shape index (κ1) is 15.4. The summed E-state index contributed by atoms with van der Waals surface area (Å²) in [4.78, 5) is 0. The van der Waals surface area contributed by atoms with Gasteiger partial charge in [-0.25, -0.2) is 0 Å². The minimum absolute atomic E-state index is 0.380. The average molecular weight is 285 g/mol. The number of benzene rings is 2. The molecule has 0 amide bonds. The van der Waals surface area contributed by atoms with Gasteiger partial charge in [0.2, 0.25) is 0 Å². The number of nitrogens with one attached hydrogen (secondary N) is 1. The van der Waals surface area contributed by atoms with Crippen LogP contribution in [-0.2, 0) is 0 Å². The first-order valence-corrected chi connectivity index (χ1v) is 7.23. The predicted molar refractivity (Wildman–Crippen MR) is 87.1 cm³/mol. The fourth-order valence-corrected chi connectivity index (χ4v) is 2.56. The van der Waals surface area contributed by atoms with Crippen molar-refractivity contribution in [1.82, 2.24) is 5.32 Å². The molecule has 0 aromatic heterocycles. The molecule has 0 heterocycles. The molecular formula is C18H23NO2. The Balaban J connectivity index is 2.40. The summed E-state index contributed by atoms with van der Waals surface area (Å²) in [5.41, 5.74) is 3.61. The van der Waals surface area contributed by atoms with E-state index in [0.29, 0.717) is 6.04 Å². The monoisotopic (exact) mass is 285 g/mol. The van der Waals surface area contributed by atoms with E-state index in [2.05, 4.69) is 42.6 Å². The molecule has 2 aromatic carbocycles. The zero-order valence-electron chi connectivity index (χ0n) is 13.1. The smallest absolute Gasteiger partial charge is 0.161 e. The normalized spacial score (nSPS) is 12.0. The average Bonchev–Trinajstić information content (AvgIpc) is 2.55. The van der Waals surface area contributed by atoms with E-state index < -0.39 is 0 Å². The Morgan fingerprint density at radius 1 is 0.952 bits per heavy atom. The van der Waals surface area contributed by atoms with Gasteiger partial charge in [0.15, 0.2) is 11.5 Å². The maximum absolute atomic E-state index is 5.38. The van der Waals surface area contributed by atoms with Crippen LogP contribution in [0.2, 0.25) is 0 Å². The van der Waals surface area contributed by atoms with Crippen LogP contribution in [0.25, 0.3) is 11.1 Å². The van der Waals surface area contributed by atoms with E-state index in [4.69, 9.17) is 9.47 Å². The Morgan fingerprint density at radius 2 is 1.67 bits per heavy atom. The Labute approximate surface area is 126 Å². The number of ether oxygens (including phenoxy) is 2. The lowest BCUT2D eigenvalue weighted by molar-refractivity contribution is 0.355. The Bertz CT molecular complexity index is 592. The van der Waals surface area contributed by atoms with Crippen molar-refractivity contribution in [3.8, 4) is 22.6 Å². The van der Waals surface area contributed by atoms with Crippen LogP contribution in [0.5, 0.6) is 11.5 Å². The summed E-state index contributed by atoms with van der Waals surface area (Å²) in [7, 11) is 5.31. The molecule has 0 radical (unpaired) electrons. The topological polar surface area (TPSA) is 30.5 Å². The Hall–Kier alpha value is -2.00. The standard InChI is InChI=1S/C18H23NO2/c1-5-16(19-2)15-8-6-7-13(11-15)14-9-10-17(20-3)18(12-14)21-4/h6-12,16,19H,5H2,1-4H3. The van der Waals surface area contributed by atoms with Crippen molar-refractivity contribution in [3.63, 3.8) is 0 Å². The van der Waals surface area contributed by atoms with Crippen molar-refractivity contribution in [2.45, 2.75) is 19.4 Å². The molecule has 0 saturated heterocycles. The highest BCUT2D eigenvalue weighted by molar-refractivity contribution is 5.68. The van der Waals surface area contributed by atoms with Gasteiger partial charge in [-0.1, -0.05) is 31.2 Å². The summed E-state index contributed by atoms with van der Waals surface area (Å²) in [6.45, 7) is 2.18. The van der Waals surface area contributed by atoms with Crippen LogP contribution in [-0.4, -0.2) is 21.3 Å². The van der Waals surface area contributed by atoms with E-state index in [0.717, 1.165) is 23.5 Å². The zero-order valence-corrected chi connectivity index (χ0v) is 13.1. The van der Waals surface area contributed by atoms with E-state index in [1.54, 1.807) is 14.2 Å². The summed E-state index contributed by atoms with van der Waals surface area (Å²) >= 11 is 0. The molecule has 0 aliphatic rings. The largest absolute Gasteiger partial charge is 0.493 e. The summed E-state index contributed by atoms with van der Waals surface area (Å²) in [6, 6.07) is 15.0. The number of methoxy groups -OCH3 is 2. The van der Waals surface area contributed by atoms with E-state index in [9.17, 15) is 0 Å². The highest BCUT2D eigenvalue weighted by Crippen LogP contribution is 2.33. The molecule has 1 N–H and O–H groups in total. The van der Waals surface area contributed by atoms with Crippen molar-refractivity contribution in [2.24, 2.45) is 0 Å². The van der Waals surface area contributed by atoms with Crippen molar-refractivity contribution in [1.29, 1.82) is 0 Å². The van der Waals surface area contributed by atoms with E-state index in [-0.39, 0.29) is 0 Å². The minimum atomic E-state index is 0.380. The van der Waals surface area contributed by atoms with Crippen molar-refractivity contribution in [3.05, 3.63) is 48.0 Å². The zero-order chi connectivity index (χ0) is 15.2. The third-order valence-corrected chi connectivity index (χ3v) is 3.76. The van der Waals surface area contributed by atoms with Crippen molar-refractivity contribution in [2.75, 3.05) is 21.3 Å². The highest BCUT2D eigenvalue weighted by Gasteiger charge is 2.09. The van der Waals surface area contributed by atoms with Crippen LogP contribution < -0.4 is 14.8 Å². The van der Waals surface area contributed by atoms with Crippen molar-refractivity contribution >= 4 is 0 Å². The molecule has 112 valence electrons. The second kappa shape index (κ2) is 7.14. The lowest BCUT2D eigenvalue weighted by Crippen LogP contribution is -2.15. The van der Waals surface area contributed by atoms with Gasteiger partial charge in [-0.3, -0.25) is 0 Å². The number of rotatable bonds is 6. The molecule has 1 atom stereocenters. The molecule has 3 heteroatoms. The molecular weight excluding hydrogens is 262 g/mol. The van der Waals surface area contributed by atoms with Crippen molar-refractivity contribution < 1.29 is 9.47 Å². The molecule has 0 bridgehead atoms. The van der Waals surface area contributed by atoms with Crippen LogP contribution in [0.3, 0.4) is 0 Å². The van der Waals surface area contributed by atoms with Crippen LogP contribution >= 0.6 is 0 Å². The number of hydrogen-bond acceptors (Lipinski definition) is 3. The summed E-state index contributed by atoms with van der Waals surface area (Å²) in [6.07, 6.45) is 1.06. The predicted octanol–water partition coefficient (Wildman–Crippen LogP) is 4.04. The van der Waals surface area contributed by atoms with Gasteiger partial charge < -0.3 is 14.8 Å². The molecule has 3 nitrogen and oxygen atoms in total. The summed E-state index contributed by atoms with van der Waals surface area (Å²) in [5.74, 6) is 1.50. The van der Waals surface area contributed by atoms with Gasteiger partial charge in [0, 0.05) is 6.04 Å². The third-order valence-electron chi connectivity index (χ3n) is 3.76. The lowest BCUT2D eigenvalue weighted by atomic mass is 9.98. The maximum Gasteiger partial charge on any atom is 0.161 e. The molecule has 2 aromatic rings. The summed E-state index contributed by atoms with van der Waals surface area (Å²) < 4.78 is 10.7. The van der Waals surface area contributed by atoms with Gasteiger partial charge in [0.05, 0.1) is 14.2 Å². The molecule has 2 rings (SSSR count). The Morgan fingerprint density at radius 3 is 2.29 bits per heavy atom. The second-order valence-corrected chi connectivity index (χ2v) is 4.94. The van der Waals surface area contributed by atoms with Gasteiger partial charge in [-0.05, 0) is 48.4 Å². The van der Waals surface area contributed by atoms with Gasteiger partial charge in [0.1, 0.15) is 0 Å². The van der Waals surface area contributed by atoms with Crippen LogP contribution in [0, 0.1) is 0 Å². The van der Waals surface area contributed by atoms with E-state index in [1.807, 2.05) is 19.2 Å². The van der Waals surface area contributed by atoms with Gasteiger partial charge in [-0.15, -0.1) is 0 Å². The fraction of sp³-hybridized carbons (Fsp3) is 0.333. The van der Waals surface area contributed by atoms with Crippen LogP contribution in [0.15, 0.2) is 42.5 Å². The molecule has 0 aliphatic heterocycles. The lowest BCUT2D eigenvalue weighted by Gasteiger charge is -2.16. The van der Waals surface area contributed by atoms with E-state index >= 15 is 0 Å². The van der Waals surface area contributed by atoms with Gasteiger partial charge in [-0.2, -0.15) is 0 Å². The molecule has 0 aliphatic carbocycles. The molecule has 0 spiro atoms. The second-order valence-electron chi connectivity index (χ2n) is 4.94. The molecule has 21 heavy (non-hydrogen) atoms. The van der Waals surface area contributed by atoms with Gasteiger partial charge >= 0.3 is 0 Å². The van der Waals surface area contributed by atoms with E-state index in [1.165, 1.54) is 11.1 Å². The number of hydrogen-bond donors (Lipinski definition) is 1. The summed E-state index contributed by atoms with van der Waals surface area (Å²) in [5, 5.41) is 3.34. The molecule has 1 unspecified atom stereocenters. The first-order chi connectivity index (χ1) is 10.2. The van der Waals surface area contributed by atoms with Gasteiger partial charge in [0.25, 0.3) is 0 Å². The highest BCUT2D eigenvalue weighted by atomic mass is 16.5. The minimum Gasteiger partial charge on any atom is -0.493 e. The third kappa shape index (κ3) is 3.37. The maximum atomic E-state index is 5.38. The molecule has 0 saturated carbocycles. The van der Waals surface area contributed by atoms with Crippen LogP contribution in [0.1, 0.15) is 24.9 Å². The SMILES string of the molecule is CCC(NC)c1cccc(-c2ccc(OC)c(OC)c2)c1. The molecule has 0 fully saturated rings. The first-order valence-electron chi connectivity index (χ1n) is 7.23. The Kier molecular flexibility index (Phi) is 5.23.